The molecule has 0 saturated heterocycles. The molecule has 0 aromatic heterocycles. The van der Waals surface area contributed by atoms with Gasteiger partial charge in [-0.2, -0.15) is 0 Å². The quantitative estimate of drug-likeness (QED) is 0.515. The van der Waals surface area contributed by atoms with Gasteiger partial charge in [-0.15, -0.1) is 0 Å². The highest BCUT2D eigenvalue weighted by Crippen LogP contribution is 2.33. The molecule has 0 saturated carbocycles. The van der Waals surface area contributed by atoms with Gasteiger partial charge in [-0.05, 0) is 65.3 Å². The lowest BCUT2D eigenvalue weighted by Crippen LogP contribution is -2.02. The molecule has 1 aliphatic rings. The van der Waals surface area contributed by atoms with Gasteiger partial charge in [-0.1, -0.05) is 55.5 Å². The molecule has 0 spiro atoms. The highest BCUT2D eigenvalue weighted by molar-refractivity contribution is 6.08. The number of hydrogen-bond acceptors (Lipinski definition) is 1. The average Bonchev–Trinajstić information content (AvgIpc) is 2.61. The van der Waals surface area contributed by atoms with E-state index in [1.807, 2.05) is 6.92 Å². The number of fused-ring (bicyclic) bond motifs is 5. The Hall–Kier alpha value is -2.15. The van der Waals surface area contributed by atoms with Crippen LogP contribution in [0, 0.1) is 0 Å². The molecule has 118 valence electrons. The summed E-state index contributed by atoms with van der Waals surface area (Å²) in [5, 5.41) is 5.64. The minimum atomic E-state index is 0.255. The van der Waals surface area contributed by atoms with E-state index in [0.29, 0.717) is 6.42 Å². The zero-order chi connectivity index (χ0) is 16.2. The number of hydrogen-bond donors (Lipinski definition) is 0. The molecule has 3 aromatic carbocycles. The molecule has 0 N–H and O–H groups in total. The maximum Gasteiger partial charge on any atom is 0.129 e. The summed E-state index contributed by atoms with van der Waals surface area (Å²) in [5.74, 6) is 0.255. The van der Waals surface area contributed by atoms with Crippen molar-refractivity contribution in [3.05, 3.63) is 59.7 Å². The molecule has 3 aromatic rings. The SMILES string of the molecule is CCC(C)=O.c1ccc2c(c1)ccc1c3c(ccc12)CCCC3. The van der Waals surface area contributed by atoms with Gasteiger partial charge in [0.15, 0.2) is 0 Å². The predicted octanol–water partition coefficient (Wildman–Crippen LogP) is 5.86. The number of benzene rings is 3. The lowest BCUT2D eigenvalue weighted by molar-refractivity contribution is -0.116. The topological polar surface area (TPSA) is 17.1 Å². The van der Waals surface area contributed by atoms with Crippen molar-refractivity contribution in [3.63, 3.8) is 0 Å². The molecule has 1 aliphatic carbocycles. The Labute approximate surface area is 138 Å². The molecule has 0 unspecified atom stereocenters. The number of aryl methyl sites for hydroxylation is 2. The van der Waals surface area contributed by atoms with Crippen LogP contribution in [0.1, 0.15) is 44.2 Å². The van der Waals surface area contributed by atoms with E-state index in [0.717, 1.165) is 0 Å². The van der Waals surface area contributed by atoms with Crippen molar-refractivity contribution in [1.82, 2.24) is 0 Å². The van der Waals surface area contributed by atoms with Crippen molar-refractivity contribution < 1.29 is 4.79 Å². The maximum absolute atomic E-state index is 9.81. The zero-order valence-corrected chi connectivity index (χ0v) is 14.1. The van der Waals surface area contributed by atoms with Crippen LogP contribution in [0.2, 0.25) is 0 Å². The van der Waals surface area contributed by atoms with Gasteiger partial charge in [-0.25, -0.2) is 0 Å². The van der Waals surface area contributed by atoms with Crippen molar-refractivity contribution >= 4 is 27.3 Å². The first kappa shape index (κ1) is 15.7. The van der Waals surface area contributed by atoms with Crippen LogP contribution in [-0.4, -0.2) is 5.78 Å². The molecule has 23 heavy (non-hydrogen) atoms. The first-order valence-corrected chi connectivity index (χ1v) is 8.62. The molecular formula is C22H24O. The molecule has 0 radical (unpaired) electrons. The second kappa shape index (κ2) is 6.95. The van der Waals surface area contributed by atoms with E-state index in [9.17, 15) is 4.79 Å². The Balaban J connectivity index is 0.000000276. The molecule has 0 bridgehead atoms. The van der Waals surface area contributed by atoms with Crippen LogP contribution < -0.4 is 0 Å². The third kappa shape index (κ3) is 3.29. The van der Waals surface area contributed by atoms with Crippen molar-refractivity contribution in [2.75, 3.05) is 0 Å². The monoisotopic (exact) mass is 304 g/mol. The Morgan fingerprint density at radius 2 is 1.57 bits per heavy atom. The van der Waals surface area contributed by atoms with Crippen LogP contribution >= 0.6 is 0 Å². The Morgan fingerprint density at radius 1 is 0.870 bits per heavy atom. The zero-order valence-electron chi connectivity index (χ0n) is 14.1. The fourth-order valence-corrected chi connectivity index (χ4v) is 3.34. The first-order valence-electron chi connectivity index (χ1n) is 8.62. The minimum Gasteiger partial charge on any atom is -0.300 e. The van der Waals surface area contributed by atoms with E-state index in [4.69, 9.17) is 0 Å². The van der Waals surface area contributed by atoms with Crippen LogP contribution in [0.5, 0.6) is 0 Å². The second-order valence-electron chi connectivity index (χ2n) is 6.35. The Bertz CT molecular complexity index is 845. The van der Waals surface area contributed by atoms with Gasteiger partial charge in [0, 0.05) is 6.42 Å². The molecule has 1 heteroatoms. The normalized spacial score (nSPS) is 13.3. The molecule has 0 fully saturated rings. The molecule has 0 heterocycles. The largest absolute Gasteiger partial charge is 0.300 e. The highest BCUT2D eigenvalue weighted by atomic mass is 16.1. The number of Topliss-reactive ketones (excluding diaryl/α,β-unsaturated/α-hetero) is 1. The van der Waals surface area contributed by atoms with Crippen LogP contribution in [-0.2, 0) is 17.6 Å². The summed E-state index contributed by atoms with van der Waals surface area (Å²) in [7, 11) is 0. The number of carbonyl (C=O) groups excluding carboxylic acids is 1. The number of carbonyl (C=O) groups is 1. The number of ketones is 1. The molecule has 4 rings (SSSR count). The van der Waals surface area contributed by atoms with E-state index < -0.39 is 0 Å². The highest BCUT2D eigenvalue weighted by Gasteiger charge is 2.13. The lowest BCUT2D eigenvalue weighted by atomic mass is 9.86. The molecule has 0 atom stereocenters. The van der Waals surface area contributed by atoms with E-state index in [-0.39, 0.29) is 5.78 Å². The fourth-order valence-electron chi connectivity index (χ4n) is 3.34. The third-order valence-corrected chi connectivity index (χ3v) is 4.76. The molecule has 1 nitrogen and oxygen atoms in total. The molecule has 0 aliphatic heterocycles. The van der Waals surface area contributed by atoms with Crippen molar-refractivity contribution in [1.29, 1.82) is 0 Å². The Kier molecular flexibility index (Phi) is 4.76. The summed E-state index contributed by atoms with van der Waals surface area (Å²) in [6, 6.07) is 18.0. The van der Waals surface area contributed by atoms with Crippen LogP contribution in [0.3, 0.4) is 0 Å². The van der Waals surface area contributed by atoms with E-state index >= 15 is 0 Å². The van der Waals surface area contributed by atoms with Gasteiger partial charge in [0.2, 0.25) is 0 Å². The smallest absolute Gasteiger partial charge is 0.129 e. The average molecular weight is 304 g/mol. The summed E-state index contributed by atoms with van der Waals surface area (Å²) in [6.07, 6.45) is 5.88. The van der Waals surface area contributed by atoms with Crippen LogP contribution in [0.4, 0.5) is 0 Å². The van der Waals surface area contributed by atoms with Crippen LogP contribution in [0.15, 0.2) is 48.5 Å². The van der Waals surface area contributed by atoms with Gasteiger partial charge in [0.05, 0.1) is 0 Å². The van der Waals surface area contributed by atoms with Gasteiger partial charge in [0.25, 0.3) is 0 Å². The predicted molar refractivity (Wildman–Crippen MR) is 99.1 cm³/mol. The van der Waals surface area contributed by atoms with E-state index in [1.165, 1.54) is 47.2 Å². The van der Waals surface area contributed by atoms with Gasteiger partial charge in [-0.3, -0.25) is 0 Å². The summed E-state index contributed by atoms with van der Waals surface area (Å²) in [4.78, 5) is 9.81. The second-order valence-corrected chi connectivity index (χ2v) is 6.35. The van der Waals surface area contributed by atoms with E-state index in [1.54, 1.807) is 18.1 Å². The summed E-state index contributed by atoms with van der Waals surface area (Å²) >= 11 is 0. The van der Waals surface area contributed by atoms with Gasteiger partial charge in [0.1, 0.15) is 5.78 Å². The minimum absolute atomic E-state index is 0.255. The van der Waals surface area contributed by atoms with Crippen molar-refractivity contribution in [2.24, 2.45) is 0 Å². The standard InChI is InChI=1S/C18H16.C4H8O/c1-3-7-15-13(5-1)9-11-18-16-8-4-2-6-14(16)10-12-17(15)18;1-3-4(2)5/h1,3,5,7,9-12H,2,4,6,8H2;3H2,1-2H3. The lowest BCUT2D eigenvalue weighted by Gasteiger charge is -2.18. The maximum atomic E-state index is 9.81. The summed E-state index contributed by atoms with van der Waals surface area (Å²) in [6.45, 7) is 3.43. The summed E-state index contributed by atoms with van der Waals surface area (Å²) in [5.41, 5.74) is 3.17. The third-order valence-electron chi connectivity index (χ3n) is 4.76. The summed E-state index contributed by atoms with van der Waals surface area (Å²) < 4.78 is 0. The molecule has 0 amide bonds. The van der Waals surface area contributed by atoms with Crippen molar-refractivity contribution in [2.45, 2.75) is 46.0 Å². The first-order chi connectivity index (χ1) is 11.2. The van der Waals surface area contributed by atoms with E-state index in [2.05, 4.69) is 48.5 Å². The van der Waals surface area contributed by atoms with Gasteiger partial charge >= 0.3 is 0 Å². The van der Waals surface area contributed by atoms with Crippen molar-refractivity contribution in [3.8, 4) is 0 Å². The fraction of sp³-hybridized carbons (Fsp3) is 0.318. The molecular weight excluding hydrogens is 280 g/mol. The van der Waals surface area contributed by atoms with Crippen LogP contribution in [0.25, 0.3) is 21.5 Å². The number of rotatable bonds is 1. The Morgan fingerprint density at radius 3 is 2.35 bits per heavy atom. The van der Waals surface area contributed by atoms with Gasteiger partial charge < -0.3 is 4.79 Å².